The van der Waals surface area contributed by atoms with Crippen LogP contribution >= 0.6 is 0 Å². The Kier molecular flexibility index (Phi) is 7.85. The molecule has 0 amide bonds. The van der Waals surface area contributed by atoms with Crippen molar-refractivity contribution in [3.8, 4) is 11.5 Å². The van der Waals surface area contributed by atoms with E-state index in [2.05, 4.69) is 15.2 Å². The molecule has 0 unspecified atom stereocenters. The molecule has 0 spiro atoms. The second-order valence-corrected chi connectivity index (χ2v) is 6.38. The van der Waals surface area contributed by atoms with Crippen molar-refractivity contribution < 1.29 is 14.2 Å². The van der Waals surface area contributed by atoms with Gasteiger partial charge in [-0.25, -0.2) is 0 Å². The average molecular weight is 349 g/mol. The van der Waals surface area contributed by atoms with Crippen LogP contribution in [0.1, 0.15) is 24.8 Å². The molecule has 1 saturated carbocycles. The Morgan fingerprint density at radius 1 is 1.28 bits per heavy atom. The monoisotopic (exact) mass is 349 g/mol. The van der Waals surface area contributed by atoms with Crippen molar-refractivity contribution in [3.63, 3.8) is 0 Å². The molecule has 1 aromatic rings. The summed E-state index contributed by atoms with van der Waals surface area (Å²) >= 11 is 0. The van der Waals surface area contributed by atoms with Gasteiger partial charge in [0.1, 0.15) is 11.5 Å². The first-order chi connectivity index (χ1) is 12.2. The smallest absolute Gasteiger partial charge is 0.193 e. The summed E-state index contributed by atoms with van der Waals surface area (Å²) in [4.78, 5) is 6.43. The minimum Gasteiger partial charge on any atom is -0.497 e. The van der Waals surface area contributed by atoms with E-state index < -0.39 is 0 Å². The van der Waals surface area contributed by atoms with Crippen LogP contribution in [-0.2, 0) is 11.3 Å². The summed E-state index contributed by atoms with van der Waals surface area (Å²) in [6, 6.07) is 5.86. The van der Waals surface area contributed by atoms with Gasteiger partial charge in [0.2, 0.25) is 0 Å². The molecule has 0 bridgehead atoms. The number of nitrogens with one attached hydrogen (secondary N) is 1. The average Bonchev–Trinajstić information content (AvgIpc) is 3.45. The van der Waals surface area contributed by atoms with Crippen LogP contribution in [0, 0.1) is 5.92 Å². The van der Waals surface area contributed by atoms with Crippen molar-refractivity contribution in [3.05, 3.63) is 23.8 Å². The lowest BCUT2D eigenvalue weighted by atomic mass is 10.2. The van der Waals surface area contributed by atoms with Gasteiger partial charge < -0.3 is 24.4 Å². The van der Waals surface area contributed by atoms with Crippen molar-refractivity contribution in [1.82, 2.24) is 10.2 Å². The summed E-state index contributed by atoms with van der Waals surface area (Å²) in [7, 11) is 7.14. The molecule has 0 heterocycles. The lowest BCUT2D eigenvalue weighted by Gasteiger charge is -2.23. The molecule has 0 atom stereocenters. The quantitative estimate of drug-likeness (QED) is 0.400. The van der Waals surface area contributed by atoms with Gasteiger partial charge in [-0.3, -0.25) is 4.99 Å². The highest BCUT2D eigenvalue weighted by Crippen LogP contribution is 2.28. The molecule has 140 valence electrons. The number of hydrogen-bond donors (Lipinski definition) is 1. The van der Waals surface area contributed by atoms with Crippen LogP contribution < -0.4 is 14.8 Å². The second-order valence-electron chi connectivity index (χ2n) is 6.38. The number of nitrogens with zero attached hydrogens (tertiary/aromatic N) is 2. The van der Waals surface area contributed by atoms with Gasteiger partial charge in [-0.05, 0) is 37.3 Å². The Balaban J connectivity index is 1.77. The van der Waals surface area contributed by atoms with Crippen LogP contribution in [0.5, 0.6) is 11.5 Å². The normalized spacial score (nSPS) is 14.3. The van der Waals surface area contributed by atoms with Crippen LogP contribution in [0.15, 0.2) is 23.2 Å². The van der Waals surface area contributed by atoms with Crippen molar-refractivity contribution in [2.24, 2.45) is 10.9 Å². The van der Waals surface area contributed by atoms with E-state index in [-0.39, 0.29) is 0 Å². The number of hydrogen-bond acceptors (Lipinski definition) is 4. The largest absolute Gasteiger partial charge is 0.497 e. The van der Waals surface area contributed by atoms with Crippen molar-refractivity contribution >= 4 is 5.96 Å². The Hall–Kier alpha value is -1.95. The lowest BCUT2D eigenvalue weighted by Crippen LogP contribution is -2.39. The fraction of sp³-hybridized carbons (Fsp3) is 0.632. The number of guanidine groups is 1. The summed E-state index contributed by atoms with van der Waals surface area (Å²) in [5.41, 5.74) is 1.08. The third-order valence-electron chi connectivity index (χ3n) is 4.27. The lowest BCUT2D eigenvalue weighted by molar-refractivity contribution is 0.122. The van der Waals surface area contributed by atoms with Gasteiger partial charge in [-0.2, -0.15) is 0 Å². The van der Waals surface area contributed by atoms with E-state index in [9.17, 15) is 0 Å². The molecule has 0 aliphatic heterocycles. The zero-order valence-corrected chi connectivity index (χ0v) is 15.9. The number of rotatable bonds is 10. The Labute approximate surface area is 151 Å². The first kappa shape index (κ1) is 19.4. The molecule has 6 nitrogen and oxygen atoms in total. The molecular weight excluding hydrogens is 318 g/mol. The van der Waals surface area contributed by atoms with E-state index in [0.29, 0.717) is 6.54 Å². The van der Waals surface area contributed by atoms with Crippen LogP contribution in [0.4, 0.5) is 0 Å². The van der Waals surface area contributed by atoms with Crippen molar-refractivity contribution in [2.75, 3.05) is 48.1 Å². The van der Waals surface area contributed by atoms with E-state index in [1.54, 1.807) is 21.3 Å². The van der Waals surface area contributed by atoms with Gasteiger partial charge in [0.25, 0.3) is 0 Å². The van der Waals surface area contributed by atoms with Crippen LogP contribution in [-0.4, -0.2) is 58.9 Å². The Morgan fingerprint density at radius 3 is 2.72 bits per heavy atom. The molecule has 1 aliphatic rings. The van der Waals surface area contributed by atoms with Gasteiger partial charge in [-0.1, -0.05) is 0 Å². The van der Waals surface area contributed by atoms with Crippen LogP contribution in [0.3, 0.4) is 0 Å². The predicted molar refractivity (Wildman–Crippen MR) is 101 cm³/mol. The molecule has 6 heteroatoms. The van der Waals surface area contributed by atoms with Crippen LogP contribution in [0.2, 0.25) is 0 Å². The molecule has 0 aromatic heterocycles. The first-order valence-electron chi connectivity index (χ1n) is 8.88. The first-order valence-corrected chi connectivity index (χ1v) is 8.88. The SMILES string of the molecule is CN=C(NCCCOCC1CC1)N(C)Cc1ccc(OC)cc1OC. The van der Waals surface area contributed by atoms with E-state index >= 15 is 0 Å². The Bertz CT molecular complexity index is 559. The van der Waals surface area contributed by atoms with Gasteiger partial charge in [0.15, 0.2) is 5.96 Å². The summed E-state index contributed by atoms with van der Waals surface area (Å²) in [6.07, 6.45) is 3.65. The topological polar surface area (TPSA) is 55.3 Å². The maximum absolute atomic E-state index is 5.66. The second kappa shape index (κ2) is 10.1. The maximum atomic E-state index is 5.66. The summed E-state index contributed by atoms with van der Waals surface area (Å²) < 4.78 is 16.4. The molecule has 1 N–H and O–H groups in total. The number of benzene rings is 1. The molecule has 1 fully saturated rings. The molecule has 1 aliphatic carbocycles. The zero-order chi connectivity index (χ0) is 18.1. The maximum Gasteiger partial charge on any atom is 0.193 e. The molecule has 2 rings (SSSR count). The van der Waals surface area contributed by atoms with Gasteiger partial charge in [0.05, 0.1) is 14.2 Å². The van der Waals surface area contributed by atoms with Gasteiger partial charge in [0, 0.05) is 52.0 Å². The Morgan fingerprint density at radius 2 is 2.08 bits per heavy atom. The third kappa shape index (κ3) is 6.46. The van der Waals surface area contributed by atoms with Crippen molar-refractivity contribution in [2.45, 2.75) is 25.8 Å². The minimum absolute atomic E-state index is 0.699. The summed E-state index contributed by atoms with van der Waals surface area (Å²) in [5, 5.41) is 3.38. The highest BCUT2D eigenvalue weighted by atomic mass is 16.5. The zero-order valence-electron chi connectivity index (χ0n) is 15.9. The summed E-state index contributed by atoms with van der Waals surface area (Å²) in [6.45, 7) is 3.27. The fourth-order valence-corrected chi connectivity index (χ4v) is 2.61. The standard InChI is InChI=1S/C19H31N3O3/c1-20-19(21-10-5-11-25-14-15-6-7-15)22(2)13-16-8-9-17(23-3)12-18(16)24-4/h8-9,12,15H,5-7,10-11,13-14H2,1-4H3,(H,20,21). The molecule has 0 saturated heterocycles. The van der Waals surface area contributed by atoms with E-state index in [1.165, 1.54) is 12.8 Å². The molecule has 0 radical (unpaired) electrons. The number of ether oxygens (including phenoxy) is 3. The predicted octanol–water partition coefficient (Wildman–Crippen LogP) is 2.53. The van der Waals surface area contributed by atoms with Crippen LogP contribution in [0.25, 0.3) is 0 Å². The molecule has 1 aromatic carbocycles. The minimum atomic E-state index is 0.699. The molecule has 25 heavy (non-hydrogen) atoms. The number of methoxy groups -OCH3 is 2. The fourth-order valence-electron chi connectivity index (χ4n) is 2.61. The van der Waals surface area contributed by atoms with Gasteiger partial charge in [-0.15, -0.1) is 0 Å². The van der Waals surface area contributed by atoms with E-state index in [4.69, 9.17) is 14.2 Å². The van der Waals surface area contributed by atoms with E-state index in [0.717, 1.165) is 55.1 Å². The van der Waals surface area contributed by atoms with Gasteiger partial charge >= 0.3 is 0 Å². The number of aliphatic imine (C=N–C) groups is 1. The summed E-state index contributed by atoms with van der Waals surface area (Å²) in [5.74, 6) is 3.29. The van der Waals surface area contributed by atoms with Crippen molar-refractivity contribution in [1.29, 1.82) is 0 Å². The highest BCUT2D eigenvalue weighted by molar-refractivity contribution is 5.79. The van der Waals surface area contributed by atoms with E-state index in [1.807, 2.05) is 25.2 Å². The third-order valence-corrected chi connectivity index (χ3v) is 4.27. The highest BCUT2D eigenvalue weighted by Gasteiger charge is 2.20. The molecular formula is C19H31N3O3.